The lowest BCUT2D eigenvalue weighted by Crippen LogP contribution is -2.48. The van der Waals surface area contributed by atoms with Crippen LogP contribution in [0.1, 0.15) is 47.0 Å². The number of nitrogens with zero attached hydrogens (tertiary/aromatic N) is 6. The average molecular weight is 562 g/mol. The van der Waals surface area contributed by atoms with Crippen LogP contribution in [-0.2, 0) is 33.5 Å². The highest BCUT2D eigenvalue weighted by atomic mass is 32.2. The molecule has 0 atom stereocenters. The van der Waals surface area contributed by atoms with Crippen molar-refractivity contribution in [2.24, 2.45) is 0 Å². The maximum Gasteiger partial charge on any atom is 0.296 e. The second-order valence-corrected chi connectivity index (χ2v) is 11.6. The number of nitrogens with one attached hydrogen (secondary N) is 1. The molecule has 2 aliphatic heterocycles. The predicted octanol–water partition coefficient (Wildman–Crippen LogP) is 0.578. The van der Waals surface area contributed by atoms with Crippen molar-refractivity contribution < 1.29 is 27.4 Å². The van der Waals surface area contributed by atoms with Crippen molar-refractivity contribution in [1.29, 1.82) is 0 Å². The second-order valence-electron chi connectivity index (χ2n) is 9.62. The summed E-state index contributed by atoms with van der Waals surface area (Å²) in [6, 6.07) is 3.99. The summed E-state index contributed by atoms with van der Waals surface area (Å²) >= 11 is 0. The smallest absolute Gasteiger partial charge is 0.296 e. The molecular formula is C24H28FN7O6S. The van der Waals surface area contributed by atoms with E-state index < -0.39 is 44.4 Å². The summed E-state index contributed by atoms with van der Waals surface area (Å²) in [5.41, 5.74) is -1.45. The number of hydrogen-bond donors (Lipinski definition) is 2. The molecule has 0 saturated carbocycles. The summed E-state index contributed by atoms with van der Waals surface area (Å²) < 4.78 is 48.3. The van der Waals surface area contributed by atoms with Gasteiger partial charge in [-0.05, 0) is 43.9 Å². The van der Waals surface area contributed by atoms with Crippen molar-refractivity contribution >= 4 is 15.9 Å². The first-order valence-corrected chi connectivity index (χ1v) is 14.2. The summed E-state index contributed by atoms with van der Waals surface area (Å²) in [5.74, 6) is -1.42. The molecule has 1 aromatic carbocycles. The van der Waals surface area contributed by atoms with Crippen LogP contribution in [0.5, 0.6) is 5.75 Å². The Labute approximate surface area is 223 Å². The number of piperidine rings is 1. The predicted molar refractivity (Wildman–Crippen MR) is 135 cm³/mol. The van der Waals surface area contributed by atoms with Gasteiger partial charge in [-0.2, -0.15) is 5.10 Å². The molecule has 0 aliphatic carbocycles. The summed E-state index contributed by atoms with van der Waals surface area (Å²) in [7, 11) is -3.41. The van der Waals surface area contributed by atoms with Gasteiger partial charge in [0.25, 0.3) is 11.5 Å². The van der Waals surface area contributed by atoms with Crippen LogP contribution in [0.15, 0.2) is 29.3 Å². The van der Waals surface area contributed by atoms with Crippen LogP contribution in [-0.4, -0.2) is 74.0 Å². The minimum Gasteiger partial charge on any atom is -0.501 e. The van der Waals surface area contributed by atoms with Crippen LogP contribution in [0.4, 0.5) is 4.39 Å². The summed E-state index contributed by atoms with van der Waals surface area (Å²) in [6.07, 6.45) is 3.40. The topological polar surface area (TPSA) is 162 Å². The number of hydrogen-bond acceptors (Lipinski definition) is 9. The number of aryl methyl sites for hydroxylation is 1. The first-order valence-electron chi connectivity index (χ1n) is 12.4. The Bertz CT molecular complexity index is 1590. The molecule has 1 fully saturated rings. The van der Waals surface area contributed by atoms with Crippen LogP contribution in [0.3, 0.4) is 0 Å². The van der Waals surface area contributed by atoms with Gasteiger partial charge in [-0.15, -0.1) is 0 Å². The normalized spacial score (nSPS) is 17.5. The van der Waals surface area contributed by atoms with Crippen molar-refractivity contribution in [3.05, 3.63) is 63.6 Å². The Morgan fingerprint density at radius 3 is 2.67 bits per heavy atom. The largest absolute Gasteiger partial charge is 0.501 e. The molecule has 1 amide bonds. The SMILES string of the molecule is Cc1ncnn1-c1cc(F)ccc1CNC(=O)c1nc2n(c(=O)c1O)CCCOC21CCN(S(C)(=O)=O)CC1. The highest BCUT2D eigenvalue weighted by molar-refractivity contribution is 7.88. The zero-order valence-electron chi connectivity index (χ0n) is 21.4. The number of fused-ring (bicyclic) bond motifs is 2. The molecule has 5 rings (SSSR count). The molecular weight excluding hydrogens is 533 g/mol. The van der Waals surface area contributed by atoms with E-state index in [4.69, 9.17) is 4.74 Å². The number of sulfonamides is 1. The van der Waals surface area contributed by atoms with E-state index in [1.165, 1.54) is 38.1 Å². The van der Waals surface area contributed by atoms with Gasteiger partial charge in [-0.25, -0.2) is 31.8 Å². The molecule has 3 aromatic rings. The molecule has 1 saturated heterocycles. The first-order chi connectivity index (χ1) is 18.5. The van der Waals surface area contributed by atoms with E-state index in [1.807, 2.05) is 0 Å². The maximum atomic E-state index is 14.0. The minimum atomic E-state index is -3.41. The molecule has 0 radical (unpaired) electrons. The van der Waals surface area contributed by atoms with E-state index in [-0.39, 0.29) is 44.8 Å². The zero-order valence-corrected chi connectivity index (χ0v) is 22.2. The number of benzene rings is 1. The Morgan fingerprint density at radius 1 is 1.26 bits per heavy atom. The van der Waals surface area contributed by atoms with Gasteiger partial charge in [0.2, 0.25) is 15.8 Å². The number of carbonyl (C=O) groups is 1. The molecule has 2 aliphatic rings. The number of halogens is 1. The summed E-state index contributed by atoms with van der Waals surface area (Å²) in [4.78, 5) is 34.9. The van der Waals surface area contributed by atoms with Crippen molar-refractivity contribution in [1.82, 2.24) is 33.9 Å². The van der Waals surface area contributed by atoms with E-state index in [0.29, 0.717) is 30.1 Å². The fourth-order valence-electron chi connectivity index (χ4n) is 5.04. The molecule has 208 valence electrons. The van der Waals surface area contributed by atoms with Gasteiger partial charge in [0.05, 0.1) is 11.9 Å². The Balaban J connectivity index is 1.46. The van der Waals surface area contributed by atoms with Crippen LogP contribution >= 0.6 is 0 Å². The first kappa shape index (κ1) is 26.9. The number of carbonyl (C=O) groups excluding carboxylic acids is 1. The molecule has 4 heterocycles. The Hall–Kier alpha value is -3.69. The lowest BCUT2D eigenvalue weighted by Gasteiger charge is -2.40. The van der Waals surface area contributed by atoms with Gasteiger partial charge in [0, 0.05) is 32.8 Å². The van der Waals surface area contributed by atoms with Gasteiger partial charge >= 0.3 is 0 Å². The van der Waals surface area contributed by atoms with Crippen LogP contribution in [0, 0.1) is 12.7 Å². The number of aromatic hydroxyl groups is 1. The fourth-order valence-corrected chi connectivity index (χ4v) is 5.88. The van der Waals surface area contributed by atoms with Crippen molar-refractivity contribution in [3.63, 3.8) is 0 Å². The van der Waals surface area contributed by atoms with E-state index >= 15 is 0 Å². The molecule has 13 nitrogen and oxygen atoms in total. The molecule has 2 N–H and O–H groups in total. The molecule has 1 spiro atoms. The molecule has 2 aromatic heterocycles. The quantitative estimate of drug-likeness (QED) is 0.454. The highest BCUT2D eigenvalue weighted by Gasteiger charge is 2.44. The van der Waals surface area contributed by atoms with Gasteiger partial charge in [-0.1, -0.05) is 6.07 Å². The van der Waals surface area contributed by atoms with Crippen LogP contribution in [0.25, 0.3) is 5.69 Å². The van der Waals surface area contributed by atoms with Crippen molar-refractivity contribution in [3.8, 4) is 11.4 Å². The molecule has 39 heavy (non-hydrogen) atoms. The van der Waals surface area contributed by atoms with Gasteiger partial charge < -0.3 is 15.2 Å². The van der Waals surface area contributed by atoms with Crippen LogP contribution < -0.4 is 10.9 Å². The van der Waals surface area contributed by atoms with E-state index in [1.54, 1.807) is 6.92 Å². The third kappa shape index (κ3) is 5.04. The lowest BCUT2D eigenvalue weighted by molar-refractivity contribution is -0.0825. The van der Waals surface area contributed by atoms with E-state index in [0.717, 1.165) is 6.26 Å². The van der Waals surface area contributed by atoms with E-state index in [9.17, 15) is 27.5 Å². The van der Waals surface area contributed by atoms with Crippen molar-refractivity contribution in [2.75, 3.05) is 26.0 Å². The molecule has 15 heteroatoms. The third-order valence-electron chi connectivity index (χ3n) is 7.10. The van der Waals surface area contributed by atoms with Gasteiger partial charge in [0.1, 0.15) is 29.4 Å². The number of rotatable bonds is 5. The summed E-state index contributed by atoms with van der Waals surface area (Å²) in [5, 5.41) is 17.4. The second kappa shape index (κ2) is 10.1. The minimum absolute atomic E-state index is 0.0851. The van der Waals surface area contributed by atoms with Crippen molar-refractivity contribution in [2.45, 2.75) is 44.9 Å². The third-order valence-corrected chi connectivity index (χ3v) is 8.41. The number of ether oxygens (including phenoxy) is 1. The van der Waals surface area contributed by atoms with Crippen LogP contribution in [0.2, 0.25) is 0 Å². The zero-order chi connectivity index (χ0) is 27.9. The lowest BCUT2D eigenvalue weighted by atomic mass is 9.90. The van der Waals surface area contributed by atoms with Gasteiger partial charge in [0.15, 0.2) is 5.69 Å². The monoisotopic (exact) mass is 561 g/mol. The molecule has 0 bridgehead atoms. The van der Waals surface area contributed by atoms with Gasteiger partial charge in [-0.3, -0.25) is 14.2 Å². The maximum absolute atomic E-state index is 14.0. The number of aromatic nitrogens is 5. The Morgan fingerprint density at radius 2 is 2.00 bits per heavy atom. The molecule has 0 unspecified atom stereocenters. The van der Waals surface area contributed by atoms with E-state index in [2.05, 4.69) is 20.4 Å². The number of amides is 1. The summed E-state index contributed by atoms with van der Waals surface area (Å²) in [6.45, 7) is 2.46. The average Bonchev–Trinajstić information content (AvgIpc) is 3.25. The highest BCUT2D eigenvalue weighted by Crippen LogP contribution is 2.38. The fraction of sp³-hybridized carbons (Fsp3) is 0.458. The standard InChI is InChI=1S/C24H28FN7O6S/c1-15-27-14-28-32(15)18-12-17(25)5-4-16(18)13-26-21(34)19-20(33)22(35)31-8-3-11-38-24(23(31)29-19)6-9-30(10-7-24)39(2,36)37/h4-5,12,14,33H,3,6-11,13H2,1-2H3,(H,26,34). The Kier molecular flexibility index (Phi) is 6.99.